The summed E-state index contributed by atoms with van der Waals surface area (Å²) in [5, 5.41) is 0.666. The highest BCUT2D eigenvalue weighted by atomic mass is 79.9. The van der Waals surface area contributed by atoms with Gasteiger partial charge in [0.05, 0.1) is 17.9 Å². The van der Waals surface area contributed by atoms with Gasteiger partial charge < -0.3 is 4.55 Å². The number of hydrogen-bond acceptors (Lipinski definition) is 2. The van der Waals surface area contributed by atoms with Crippen LogP contribution in [0.15, 0.2) is 18.2 Å². The summed E-state index contributed by atoms with van der Waals surface area (Å²) in [5.41, 5.74) is 1.60. The van der Waals surface area contributed by atoms with E-state index in [2.05, 4.69) is 31.5 Å². The molecule has 0 saturated heterocycles. The molecule has 1 heterocycles. The van der Waals surface area contributed by atoms with Crippen LogP contribution in [0.25, 0.3) is 0 Å². The first-order valence-electron chi connectivity index (χ1n) is 3.86. The van der Waals surface area contributed by atoms with Gasteiger partial charge in [0, 0.05) is 5.33 Å². The minimum Gasteiger partial charge on any atom is -0.303 e. The Balaban J connectivity index is 2.68. The highest BCUT2D eigenvalue weighted by molar-refractivity contribution is 9.08. The predicted octanol–water partition coefficient (Wildman–Crippen LogP) is 1.17. The van der Waals surface area contributed by atoms with Crippen LogP contribution in [0.3, 0.4) is 0 Å². The van der Waals surface area contributed by atoms with E-state index in [1.165, 1.54) is 0 Å². The lowest BCUT2D eigenvalue weighted by Gasteiger charge is -2.04. The molecule has 0 aromatic carbocycles. The Hall–Kier alpha value is -0.430. The first-order chi connectivity index (χ1) is 6.51. The van der Waals surface area contributed by atoms with E-state index in [1.54, 1.807) is 6.07 Å². The molecule has 1 rings (SSSR count). The molecule has 4 nitrogen and oxygen atoms in total. The maximum absolute atomic E-state index is 10.8. The van der Waals surface area contributed by atoms with Crippen LogP contribution in [0.5, 0.6) is 0 Å². The zero-order valence-electron chi connectivity index (χ0n) is 7.44. The summed E-state index contributed by atoms with van der Waals surface area (Å²) in [6.07, 6.45) is 0. The molecule has 0 fully saturated rings. The van der Waals surface area contributed by atoms with Crippen LogP contribution in [-0.4, -0.2) is 19.6 Å². The number of nitrogens with one attached hydrogen (secondary N) is 1. The normalized spacial score (nSPS) is 15.0. The van der Waals surface area contributed by atoms with E-state index in [0.29, 0.717) is 11.0 Å². The van der Waals surface area contributed by atoms with Gasteiger partial charge in [0.2, 0.25) is 0 Å². The Bertz CT molecular complexity index is 406. The van der Waals surface area contributed by atoms with Crippen molar-refractivity contribution in [3.63, 3.8) is 0 Å². The summed E-state index contributed by atoms with van der Waals surface area (Å²) in [7, 11) is -3.14. The molecule has 0 spiro atoms. The maximum Gasteiger partial charge on any atom is 0.138 e. The third-order valence-corrected chi connectivity index (χ3v) is 2.65. The van der Waals surface area contributed by atoms with Crippen molar-refractivity contribution < 1.29 is 8.76 Å². The minimum atomic E-state index is -3.14. The second-order valence-corrected chi connectivity index (χ2v) is 4.85. The lowest BCUT2D eigenvalue weighted by atomic mass is 10.3. The molecule has 0 amide bonds. The molecular formula is C8H11BrN2O2S. The summed E-state index contributed by atoms with van der Waals surface area (Å²) >= 11 is 3.28. The molecule has 6 heteroatoms. The second-order valence-electron chi connectivity index (χ2n) is 2.72. The number of halogens is 1. The standard InChI is InChI=1S/C8H11BrN2O2S/c1-14(12,13)10-6-8-4-2-3-7(5-9)11-8/h2-4H,1,5-6H2,(H2,10,12,13). The fraction of sp³-hybridized carbons (Fsp3) is 0.250. The van der Waals surface area contributed by atoms with Gasteiger partial charge in [0.25, 0.3) is 0 Å². The summed E-state index contributed by atoms with van der Waals surface area (Å²) in [5.74, 6) is 3.06. The van der Waals surface area contributed by atoms with Gasteiger partial charge in [-0.15, -0.1) is 0 Å². The summed E-state index contributed by atoms with van der Waals surface area (Å²) < 4.78 is 22.1. The SMILES string of the molecule is C=S(=O)(O)NCc1cccc(CBr)n1. The maximum atomic E-state index is 10.8. The van der Waals surface area contributed by atoms with Crippen LogP contribution in [0.1, 0.15) is 11.4 Å². The average molecular weight is 279 g/mol. The number of aromatic nitrogens is 1. The van der Waals surface area contributed by atoms with Gasteiger partial charge in [0.15, 0.2) is 0 Å². The fourth-order valence-corrected chi connectivity index (χ4v) is 1.57. The van der Waals surface area contributed by atoms with Crippen LogP contribution in [0.2, 0.25) is 0 Å². The minimum absolute atomic E-state index is 0.236. The quantitative estimate of drug-likeness (QED) is 0.642. The van der Waals surface area contributed by atoms with E-state index >= 15 is 0 Å². The van der Waals surface area contributed by atoms with E-state index in [4.69, 9.17) is 4.55 Å². The molecule has 0 radical (unpaired) electrons. The summed E-state index contributed by atoms with van der Waals surface area (Å²) in [6.45, 7) is 0.236. The third kappa shape index (κ3) is 4.19. The van der Waals surface area contributed by atoms with Gasteiger partial charge >= 0.3 is 0 Å². The fourth-order valence-electron chi connectivity index (χ4n) is 0.889. The monoisotopic (exact) mass is 278 g/mol. The summed E-state index contributed by atoms with van der Waals surface area (Å²) in [4.78, 5) is 4.22. The average Bonchev–Trinajstić information content (AvgIpc) is 2.14. The molecule has 1 atom stereocenters. The molecule has 0 aliphatic rings. The molecule has 14 heavy (non-hydrogen) atoms. The lowest BCUT2D eigenvalue weighted by molar-refractivity contribution is 0.543. The van der Waals surface area contributed by atoms with Gasteiger partial charge in [-0.05, 0) is 18.0 Å². The second kappa shape index (κ2) is 4.88. The van der Waals surface area contributed by atoms with Gasteiger partial charge in [-0.1, -0.05) is 22.0 Å². The molecule has 2 N–H and O–H groups in total. The number of alkyl halides is 1. The predicted molar refractivity (Wildman–Crippen MR) is 61.6 cm³/mol. The van der Waals surface area contributed by atoms with Crippen LogP contribution < -0.4 is 4.72 Å². The summed E-state index contributed by atoms with van der Waals surface area (Å²) in [6, 6.07) is 5.51. The van der Waals surface area contributed by atoms with Crippen molar-refractivity contribution in [3.8, 4) is 0 Å². The van der Waals surface area contributed by atoms with Crippen molar-refractivity contribution >= 4 is 31.8 Å². The Labute approximate surface area is 91.8 Å². The third-order valence-electron chi connectivity index (χ3n) is 1.48. The largest absolute Gasteiger partial charge is 0.303 e. The smallest absolute Gasteiger partial charge is 0.138 e. The van der Waals surface area contributed by atoms with E-state index in [0.717, 1.165) is 5.69 Å². The zero-order valence-corrected chi connectivity index (χ0v) is 9.84. The molecule has 0 aliphatic carbocycles. The van der Waals surface area contributed by atoms with E-state index in [9.17, 15) is 4.21 Å². The highest BCUT2D eigenvalue weighted by Gasteiger charge is 1.99. The molecular weight excluding hydrogens is 268 g/mol. The number of nitrogens with zero attached hydrogens (tertiary/aromatic N) is 1. The Morgan fingerprint density at radius 1 is 1.57 bits per heavy atom. The number of pyridine rings is 1. The van der Waals surface area contributed by atoms with Crippen LogP contribution in [0, 0.1) is 0 Å². The lowest BCUT2D eigenvalue weighted by Crippen LogP contribution is -2.22. The van der Waals surface area contributed by atoms with E-state index < -0.39 is 9.99 Å². The van der Waals surface area contributed by atoms with E-state index in [1.807, 2.05) is 12.1 Å². The molecule has 1 unspecified atom stereocenters. The van der Waals surface area contributed by atoms with Crippen molar-refractivity contribution in [2.75, 3.05) is 0 Å². The van der Waals surface area contributed by atoms with Crippen LogP contribution in [-0.2, 0) is 21.9 Å². The number of rotatable bonds is 4. The van der Waals surface area contributed by atoms with Gasteiger partial charge in [-0.3, -0.25) is 4.98 Å². The topological polar surface area (TPSA) is 62.2 Å². The van der Waals surface area contributed by atoms with Crippen molar-refractivity contribution in [2.24, 2.45) is 0 Å². The zero-order chi connectivity index (χ0) is 10.6. The molecule has 0 saturated carbocycles. The van der Waals surface area contributed by atoms with Crippen molar-refractivity contribution in [3.05, 3.63) is 29.6 Å². The Kier molecular flexibility index (Phi) is 4.06. The van der Waals surface area contributed by atoms with Gasteiger partial charge in [-0.25, -0.2) is 8.93 Å². The Morgan fingerprint density at radius 3 is 2.79 bits per heavy atom. The van der Waals surface area contributed by atoms with E-state index in [-0.39, 0.29) is 6.54 Å². The molecule has 1 aromatic rings. The van der Waals surface area contributed by atoms with Crippen molar-refractivity contribution in [2.45, 2.75) is 11.9 Å². The molecule has 0 bridgehead atoms. The van der Waals surface area contributed by atoms with Crippen LogP contribution >= 0.6 is 15.9 Å². The van der Waals surface area contributed by atoms with Crippen molar-refractivity contribution in [1.29, 1.82) is 0 Å². The highest BCUT2D eigenvalue weighted by Crippen LogP contribution is 2.03. The van der Waals surface area contributed by atoms with Crippen molar-refractivity contribution in [1.82, 2.24) is 9.71 Å². The van der Waals surface area contributed by atoms with Gasteiger partial charge in [0.1, 0.15) is 9.99 Å². The number of hydrogen-bond donors (Lipinski definition) is 2. The molecule has 0 aliphatic heterocycles. The van der Waals surface area contributed by atoms with Crippen LogP contribution in [0.4, 0.5) is 0 Å². The first-order valence-corrected chi connectivity index (χ1v) is 6.67. The molecule has 1 aromatic heterocycles. The Morgan fingerprint density at radius 2 is 2.21 bits per heavy atom. The van der Waals surface area contributed by atoms with Gasteiger partial charge in [-0.2, -0.15) is 0 Å². The molecule has 78 valence electrons. The first kappa shape index (κ1) is 11.6.